The largest absolute Gasteiger partial charge is 0.387 e. The number of fused-ring (bicyclic) bond motifs is 1. The van der Waals surface area contributed by atoms with Crippen LogP contribution < -0.4 is 5.32 Å². The Morgan fingerprint density at radius 3 is 2.57 bits per heavy atom. The summed E-state index contributed by atoms with van der Waals surface area (Å²) in [5.41, 5.74) is 1.75. The molecule has 12 nitrogen and oxygen atoms in total. The van der Waals surface area contributed by atoms with E-state index in [9.17, 15) is 14.8 Å². The van der Waals surface area contributed by atoms with Crippen molar-refractivity contribution in [2.45, 2.75) is 56.3 Å². The van der Waals surface area contributed by atoms with E-state index in [1.54, 1.807) is 4.57 Å². The summed E-state index contributed by atoms with van der Waals surface area (Å²) in [5.74, 6) is 1.07. The fourth-order valence-electron chi connectivity index (χ4n) is 4.57. The zero-order chi connectivity index (χ0) is 24.6. The number of rotatable bonds is 8. The van der Waals surface area contributed by atoms with Gasteiger partial charge >= 0.3 is 7.60 Å². The van der Waals surface area contributed by atoms with Crippen molar-refractivity contribution in [3.63, 3.8) is 0 Å². The molecule has 2 aliphatic rings. The van der Waals surface area contributed by atoms with Crippen molar-refractivity contribution < 1.29 is 34.0 Å². The minimum Gasteiger partial charge on any atom is -0.387 e. The van der Waals surface area contributed by atoms with Gasteiger partial charge in [-0.15, -0.1) is 0 Å². The van der Waals surface area contributed by atoms with Crippen LogP contribution in [0, 0.1) is 0 Å². The Labute approximate surface area is 201 Å². The molecule has 35 heavy (non-hydrogen) atoms. The molecule has 188 valence electrons. The Bertz CT molecular complexity index is 1210. The molecule has 3 heterocycles. The first-order valence-electron chi connectivity index (χ1n) is 11.5. The molecule has 0 spiro atoms. The molecule has 0 amide bonds. The highest BCUT2D eigenvalue weighted by Crippen LogP contribution is 2.36. The molecule has 1 aliphatic carbocycles. The summed E-state index contributed by atoms with van der Waals surface area (Å²) in [6, 6.07) is 9.79. The van der Waals surface area contributed by atoms with Crippen LogP contribution in [0.3, 0.4) is 0 Å². The number of nitrogens with one attached hydrogen (secondary N) is 1. The lowest BCUT2D eigenvalue weighted by Crippen LogP contribution is -2.33. The van der Waals surface area contributed by atoms with Gasteiger partial charge in [-0.3, -0.25) is 9.13 Å². The minimum atomic E-state index is -4.37. The van der Waals surface area contributed by atoms with Crippen molar-refractivity contribution in [2.24, 2.45) is 0 Å². The molecule has 13 heteroatoms. The molecule has 1 saturated heterocycles. The molecule has 1 aliphatic heterocycles. The average molecular weight is 505 g/mol. The Morgan fingerprint density at radius 1 is 1.11 bits per heavy atom. The standard InChI is InChI=1S/C22H28N5O7P/c28-17-15(10-33-12-35(30,31)32)34-22(18(17)29)27-11-23-16-20(24-14-8-4-5-9-14)25-19(26-21(16)27)13-6-2-1-3-7-13/h1-3,6-7,11,14-15,17-18,22,28-29H,4-5,8-10,12H2,(H,24,25,26)(H2,30,31,32)/t15-,17-,18-,22-/m1/s1. The normalized spacial score (nSPS) is 25.5. The Morgan fingerprint density at radius 2 is 1.86 bits per heavy atom. The van der Waals surface area contributed by atoms with E-state index in [1.165, 1.54) is 6.33 Å². The fraction of sp³-hybridized carbons (Fsp3) is 0.500. The van der Waals surface area contributed by atoms with Gasteiger partial charge in [-0.25, -0.2) is 15.0 Å². The van der Waals surface area contributed by atoms with Gasteiger partial charge in [0.2, 0.25) is 0 Å². The fourth-order valence-corrected chi connectivity index (χ4v) is 4.91. The molecule has 3 aromatic rings. The smallest absolute Gasteiger partial charge is 0.350 e. The van der Waals surface area contributed by atoms with Crippen LogP contribution in [0.2, 0.25) is 0 Å². The molecule has 0 unspecified atom stereocenters. The highest BCUT2D eigenvalue weighted by Gasteiger charge is 2.44. The number of imidazole rings is 1. The van der Waals surface area contributed by atoms with Crippen molar-refractivity contribution in [1.29, 1.82) is 0 Å². The number of anilines is 1. The lowest BCUT2D eigenvalue weighted by atomic mass is 10.1. The highest BCUT2D eigenvalue weighted by atomic mass is 31.2. The number of hydrogen-bond donors (Lipinski definition) is 5. The van der Waals surface area contributed by atoms with Crippen LogP contribution in [0.15, 0.2) is 36.7 Å². The maximum Gasteiger partial charge on any atom is 0.350 e. The molecule has 5 N–H and O–H groups in total. The summed E-state index contributed by atoms with van der Waals surface area (Å²) in [5, 5.41) is 24.7. The topological polar surface area (TPSA) is 172 Å². The van der Waals surface area contributed by atoms with Gasteiger partial charge in [0.25, 0.3) is 0 Å². The number of hydrogen-bond acceptors (Lipinski definition) is 9. The van der Waals surface area contributed by atoms with Crippen molar-refractivity contribution >= 4 is 24.6 Å². The van der Waals surface area contributed by atoms with E-state index in [4.69, 9.17) is 29.2 Å². The van der Waals surface area contributed by atoms with E-state index in [0.29, 0.717) is 22.8 Å². The summed E-state index contributed by atoms with van der Waals surface area (Å²) in [4.78, 5) is 31.9. The second kappa shape index (κ2) is 9.90. The van der Waals surface area contributed by atoms with Crippen LogP contribution in [-0.2, 0) is 14.0 Å². The summed E-state index contributed by atoms with van der Waals surface area (Å²) in [6.45, 7) is -0.300. The number of aromatic nitrogens is 4. The predicted octanol–water partition coefficient (Wildman–Crippen LogP) is 1.62. The zero-order valence-corrected chi connectivity index (χ0v) is 19.7. The van der Waals surface area contributed by atoms with Gasteiger partial charge in [0.1, 0.15) is 24.7 Å². The predicted molar refractivity (Wildman–Crippen MR) is 125 cm³/mol. The molecule has 1 aromatic carbocycles. The maximum absolute atomic E-state index is 11.0. The third kappa shape index (κ3) is 5.24. The third-order valence-electron chi connectivity index (χ3n) is 6.30. The monoisotopic (exact) mass is 505 g/mol. The lowest BCUT2D eigenvalue weighted by molar-refractivity contribution is -0.0612. The summed E-state index contributed by atoms with van der Waals surface area (Å²) < 4.78 is 23.4. The molecule has 2 aromatic heterocycles. The van der Waals surface area contributed by atoms with Gasteiger partial charge in [0, 0.05) is 11.6 Å². The minimum absolute atomic E-state index is 0.285. The van der Waals surface area contributed by atoms with Crippen molar-refractivity contribution in [3.05, 3.63) is 36.7 Å². The van der Waals surface area contributed by atoms with Gasteiger partial charge in [-0.05, 0) is 12.8 Å². The molecule has 4 atom stereocenters. The van der Waals surface area contributed by atoms with E-state index in [0.717, 1.165) is 31.2 Å². The summed E-state index contributed by atoms with van der Waals surface area (Å²) in [7, 11) is -4.37. The third-order valence-corrected chi connectivity index (χ3v) is 6.82. The van der Waals surface area contributed by atoms with E-state index in [2.05, 4.69) is 10.3 Å². The Balaban J connectivity index is 1.47. The SMILES string of the molecule is O=P(O)(O)COC[C@H]1O[C@@H](n2cnc3c(NC4CCCC4)nc(-c4ccccc4)nc32)[C@H](O)[C@@H]1O. The van der Waals surface area contributed by atoms with E-state index < -0.39 is 38.5 Å². The zero-order valence-electron chi connectivity index (χ0n) is 18.8. The number of nitrogens with zero attached hydrogens (tertiary/aromatic N) is 4. The van der Waals surface area contributed by atoms with Crippen LogP contribution >= 0.6 is 7.60 Å². The molecule has 2 fully saturated rings. The van der Waals surface area contributed by atoms with Gasteiger partial charge in [0.15, 0.2) is 29.0 Å². The van der Waals surface area contributed by atoms with Gasteiger partial charge < -0.3 is 34.8 Å². The first-order chi connectivity index (χ1) is 16.8. The highest BCUT2D eigenvalue weighted by molar-refractivity contribution is 7.51. The summed E-state index contributed by atoms with van der Waals surface area (Å²) >= 11 is 0. The number of ether oxygens (including phenoxy) is 2. The molecule has 1 saturated carbocycles. The number of benzene rings is 1. The maximum atomic E-state index is 11.0. The van der Waals surface area contributed by atoms with Gasteiger partial charge in [-0.2, -0.15) is 0 Å². The average Bonchev–Trinajstić information content (AvgIpc) is 3.55. The second-order valence-electron chi connectivity index (χ2n) is 8.92. The quantitative estimate of drug-likeness (QED) is 0.282. The number of aliphatic hydroxyl groups is 2. The van der Waals surface area contributed by atoms with Gasteiger partial charge in [0.05, 0.1) is 12.9 Å². The van der Waals surface area contributed by atoms with Crippen LogP contribution in [0.4, 0.5) is 5.82 Å². The first-order valence-corrected chi connectivity index (χ1v) is 13.3. The Hall–Kier alpha value is -2.44. The lowest BCUT2D eigenvalue weighted by Gasteiger charge is -2.18. The van der Waals surface area contributed by atoms with E-state index in [1.807, 2.05) is 30.3 Å². The van der Waals surface area contributed by atoms with Crippen LogP contribution in [-0.4, -0.2) is 76.8 Å². The van der Waals surface area contributed by atoms with Crippen molar-refractivity contribution in [2.75, 3.05) is 18.3 Å². The molecule has 0 radical (unpaired) electrons. The van der Waals surface area contributed by atoms with E-state index >= 15 is 0 Å². The van der Waals surface area contributed by atoms with Crippen molar-refractivity contribution in [3.8, 4) is 11.4 Å². The van der Waals surface area contributed by atoms with Crippen molar-refractivity contribution in [1.82, 2.24) is 19.5 Å². The summed E-state index contributed by atoms with van der Waals surface area (Å²) in [6.07, 6.45) is 0.361. The molecular weight excluding hydrogens is 477 g/mol. The first kappa shape index (κ1) is 24.3. The molecule has 0 bridgehead atoms. The molecule has 5 rings (SSSR count). The van der Waals surface area contributed by atoms with Crippen LogP contribution in [0.1, 0.15) is 31.9 Å². The number of aliphatic hydroxyl groups excluding tert-OH is 2. The van der Waals surface area contributed by atoms with Crippen LogP contribution in [0.25, 0.3) is 22.6 Å². The van der Waals surface area contributed by atoms with Gasteiger partial charge in [-0.1, -0.05) is 43.2 Å². The Kier molecular flexibility index (Phi) is 6.86. The second-order valence-corrected chi connectivity index (χ2v) is 10.5. The van der Waals surface area contributed by atoms with E-state index in [-0.39, 0.29) is 12.6 Å². The molecular formula is C22H28N5O7P. The van der Waals surface area contributed by atoms with Crippen LogP contribution in [0.5, 0.6) is 0 Å².